The van der Waals surface area contributed by atoms with Crippen molar-refractivity contribution in [2.75, 3.05) is 20.3 Å². The number of aryl methyl sites for hydroxylation is 1. The summed E-state index contributed by atoms with van der Waals surface area (Å²) in [6, 6.07) is 15.2. The second kappa shape index (κ2) is 8.39. The summed E-state index contributed by atoms with van der Waals surface area (Å²) < 4.78 is 14.2. The van der Waals surface area contributed by atoms with Gasteiger partial charge in [0.15, 0.2) is 11.3 Å². The van der Waals surface area contributed by atoms with Crippen molar-refractivity contribution in [3.8, 4) is 11.4 Å². The van der Waals surface area contributed by atoms with Crippen LogP contribution in [0, 0.1) is 0 Å². The molecule has 0 atom stereocenters. The summed E-state index contributed by atoms with van der Waals surface area (Å²) in [6.07, 6.45) is 2.32. The van der Waals surface area contributed by atoms with Crippen molar-refractivity contribution >= 4 is 33.2 Å². The molecule has 3 heterocycles. The summed E-state index contributed by atoms with van der Waals surface area (Å²) in [5.41, 5.74) is 3.87. The lowest BCUT2D eigenvalue weighted by molar-refractivity contribution is 0.141. The van der Waals surface area contributed by atoms with Crippen LogP contribution in [0.25, 0.3) is 38.9 Å². The zero-order chi connectivity index (χ0) is 22.1. The molecule has 0 bridgehead atoms. The second-order valence-electron chi connectivity index (χ2n) is 7.41. The van der Waals surface area contributed by atoms with Gasteiger partial charge in [0.05, 0.1) is 24.5 Å². The van der Waals surface area contributed by atoms with Gasteiger partial charge in [0.25, 0.3) is 5.56 Å². The molecule has 8 nitrogen and oxygen atoms in total. The van der Waals surface area contributed by atoms with Crippen LogP contribution in [0.3, 0.4) is 0 Å². The van der Waals surface area contributed by atoms with E-state index in [4.69, 9.17) is 19.4 Å². The van der Waals surface area contributed by atoms with Crippen molar-refractivity contribution < 1.29 is 9.47 Å². The van der Waals surface area contributed by atoms with Crippen LogP contribution in [0.4, 0.5) is 0 Å². The predicted molar refractivity (Wildman–Crippen MR) is 124 cm³/mol. The van der Waals surface area contributed by atoms with Gasteiger partial charge < -0.3 is 9.47 Å². The molecule has 0 amide bonds. The average molecular weight is 429 g/mol. The largest absolute Gasteiger partial charge is 0.497 e. The van der Waals surface area contributed by atoms with E-state index in [0.29, 0.717) is 42.0 Å². The molecule has 5 rings (SSSR count). The summed E-state index contributed by atoms with van der Waals surface area (Å²) in [5, 5.41) is 0.466. The number of ether oxygens (including phenoxy) is 2. The molecule has 0 spiro atoms. The lowest BCUT2D eigenvalue weighted by atomic mass is 10.3. The Labute approximate surface area is 184 Å². The Kier molecular flexibility index (Phi) is 5.28. The van der Waals surface area contributed by atoms with Crippen LogP contribution >= 0.6 is 0 Å². The molecule has 3 aromatic heterocycles. The van der Waals surface area contributed by atoms with Gasteiger partial charge in [-0.05, 0) is 49.7 Å². The number of fused-ring (bicyclic) bond motifs is 4. The second-order valence-corrected chi connectivity index (χ2v) is 7.41. The van der Waals surface area contributed by atoms with E-state index in [1.807, 2.05) is 60.0 Å². The van der Waals surface area contributed by atoms with Gasteiger partial charge in [0.1, 0.15) is 16.7 Å². The smallest absolute Gasteiger partial charge is 0.265 e. The van der Waals surface area contributed by atoms with Crippen LogP contribution < -0.4 is 10.3 Å². The zero-order valence-corrected chi connectivity index (χ0v) is 18.0. The zero-order valence-electron chi connectivity index (χ0n) is 18.0. The number of nitrogens with zero attached hydrogens (tertiary/aromatic N) is 5. The minimum absolute atomic E-state index is 0.131. The molecule has 0 saturated carbocycles. The SMILES string of the molecule is CCOCCCn1cnc2c(c1=O)c1nc3ccccc3nc1n2-c1ccc(OC)cc1. The van der Waals surface area contributed by atoms with Gasteiger partial charge >= 0.3 is 0 Å². The fourth-order valence-electron chi connectivity index (χ4n) is 3.89. The molecule has 32 heavy (non-hydrogen) atoms. The quantitative estimate of drug-likeness (QED) is 0.367. The van der Waals surface area contributed by atoms with Crippen molar-refractivity contribution in [1.29, 1.82) is 0 Å². The maximum absolute atomic E-state index is 13.5. The van der Waals surface area contributed by atoms with Crippen LogP contribution in [0.5, 0.6) is 5.75 Å². The number of rotatable bonds is 7. The normalized spacial score (nSPS) is 11.6. The highest BCUT2D eigenvalue weighted by atomic mass is 16.5. The van der Waals surface area contributed by atoms with E-state index in [-0.39, 0.29) is 5.56 Å². The Hall–Kier alpha value is -3.78. The van der Waals surface area contributed by atoms with Crippen molar-refractivity contribution in [3.63, 3.8) is 0 Å². The van der Waals surface area contributed by atoms with Gasteiger partial charge in [-0.2, -0.15) is 0 Å². The molecule has 0 fully saturated rings. The van der Waals surface area contributed by atoms with Gasteiger partial charge in [-0.15, -0.1) is 0 Å². The highest BCUT2D eigenvalue weighted by Crippen LogP contribution is 2.28. The predicted octanol–water partition coefficient (Wildman–Crippen LogP) is 3.72. The molecule has 162 valence electrons. The molecule has 0 unspecified atom stereocenters. The van der Waals surface area contributed by atoms with E-state index in [0.717, 1.165) is 28.9 Å². The fourth-order valence-corrected chi connectivity index (χ4v) is 3.89. The number of para-hydroxylation sites is 2. The molecular formula is C24H23N5O3. The summed E-state index contributed by atoms with van der Waals surface area (Å²) in [6.45, 7) is 3.73. The number of aromatic nitrogens is 5. The van der Waals surface area contributed by atoms with E-state index in [1.165, 1.54) is 0 Å². The monoisotopic (exact) mass is 429 g/mol. The van der Waals surface area contributed by atoms with Crippen LogP contribution in [0.15, 0.2) is 59.7 Å². The van der Waals surface area contributed by atoms with Crippen molar-refractivity contribution in [3.05, 3.63) is 65.2 Å². The number of methoxy groups -OCH3 is 1. The first-order chi connectivity index (χ1) is 15.7. The molecule has 0 aliphatic carbocycles. The molecule has 0 N–H and O–H groups in total. The third-order valence-electron chi connectivity index (χ3n) is 5.45. The lowest BCUT2D eigenvalue weighted by Crippen LogP contribution is -2.21. The molecule has 0 aliphatic rings. The fraction of sp³-hybridized carbons (Fsp3) is 0.250. The first-order valence-electron chi connectivity index (χ1n) is 10.6. The molecule has 0 saturated heterocycles. The maximum atomic E-state index is 13.5. The Morgan fingerprint density at radius 1 is 0.969 bits per heavy atom. The molecule has 5 aromatic rings. The Morgan fingerprint density at radius 2 is 1.72 bits per heavy atom. The van der Waals surface area contributed by atoms with E-state index in [9.17, 15) is 4.79 Å². The van der Waals surface area contributed by atoms with E-state index < -0.39 is 0 Å². The molecule has 0 aliphatic heterocycles. The third-order valence-corrected chi connectivity index (χ3v) is 5.45. The molecule has 2 aromatic carbocycles. The topological polar surface area (TPSA) is 84.1 Å². The Morgan fingerprint density at radius 3 is 2.44 bits per heavy atom. The summed E-state index contributed by atoms with van der Waals surface area (Å²) in [5.74, 6) is 0.746. The number of hydrogen-bond acceptors (Lipinski definition) is 6. The summed E-state index contributed by atoms with van der Waals surface area (Å²) >= 11 is 0. The number of benzene rings is 2. The lowest BCUT2D eigenvalue weighted by Gasteiger charge is -2.08. The van der Waals surface area contributed by atoms with Gasteiger partial charge in [0.2, 0.25) is 0 Å². The molecule has 8 heteroatoms. The summed E-state index contributed by atoms with van der Waals surface area (Å²) in [4.78, 5) is 27.8. The minimum Gasteiger partial charge on any atom is -0.497 e. The van der Waals surface area contributed by atoms with Crippen LogP contribution in [-0.4, -0.2) is 44.4 Å². The Bertz CT molecular complexity index is 1470. The highest BCUT2D eigenvalue weighted by Gasteiger charge is 2.20. The molecular weight excluding hydrogens is 406 g/mol. The summed E-state index contributed by atoms with van der Waals surface area (Å²) in [7, 11) is 1.63. The Balaban J connectivity index is 1.77. The van der Waals surface area contributed by atoms with E-state index in [2.05, 4.69) is 4.98 Å². The third kappa shape index (κ3) is 3.38. The van der Waals surface area contributed by atoms with Gasteiger partial charge in [-0.25, -0.2) is 15.0 Å². The van der Waals surface area contributed by atoms with Crippen molar-refractivity contribution in [2.45, 2.75) is 19.9 Å². The highest BCUT2D eigenvalue weighted by molar-refractivity contribution is 6.05. The van der Waals surface area contributed by atoms with Gasteiger partial charge in [-0.3, -0.25) is 13.9 Å². The molecule has 0 radical (unpaired) electrons. The maximum Gasteiger partial charge on any atom is 0.265 e. The standard InChI is InChI=1S/C24H23N5O3/c1-3-32-14-6-13-28-15-25-22-20(24(28)30)21-23(27-19-8-5-4-7-18(19)26-21)29(22)16-9-11-17(31-2)12-10-16/h4-5,7-12,15H,3,6,13-14H2,1-2H3. The average Bonchev–Trinajstić information content (AvgIpc) is 3.15. The number of hydrogen-bond donors (Lipinski definition) is 0. The van der Waals surface area contributed by atoms with E-state index >= 15 is 0 Å². The van der Waals surface area contributed by atoms with Crippen LogP contribution in [-0.2, 0) is 11.3 Å². The first kappa shape index (κ1) is 20.1. The first-order valence-corrected chi connectivity index (χ1v) is 10.6. The van der Waals surface area contributed by atoms with Crippen LogP contribution in [0.1, 0.15) is 13.3 Å². The van der Waals surface area contributed by atoms with Gasteiger partial charge in [0, 0.05) is 25.4 Å². The minimum atomic E-state index is -0.131. The van der Waals surface area contributed by atoms with Gasteiger partial charge in [-0.1, -0.05) is 12.1 Å². The van der Waals surface area contributed by atoms with E-state index in [1.54, 1.807) is 18.0 Å². The van der Waals surface area contributed by atoms with Crippen molar-refractivity contribution in [2.24, 2.45) is 0 Å². The van der Waals surface area contributed by atoms with Crippen molar-refractivity contribution in [1.82, 2.24) is 24.1 Å². The van der Waals surface area contributed by atoms with Crippen LogP contribution in [0.2, 0.25) is 0 Å².